The van der Waals surface area contributed by atoms with Crippen molar-refractivity contribution in [2.24, 2.45) is 0 Å². The van der Waals surface area contributed by atoms with Gasteiger partial charge in [-0.05, 0) is 59.4 Å². The number of likely N-dealkylation sites (N-methyl/N-ethyl adjacent to an activating group) is 2. The van der Waals surface area contributed by atoms with Gasteiger partial charge in [0, 0.05) is 18.6 Å². The maximum absolute atomic E-state index is 3.86. The van der Waals surface area contributed by atoms with Crippen LogP contribution in [-0.2, 0) is 0 Å². The Hall–Kier alpha value is -0.380. The average Bonchev–Trinajstić information content (AvgIpc) is 2.52. The standard InChI is InChI=1S/C15H31N3/c1-5-7-9-14(16-10-6-2)15-13-17(3)11-8-12-18(15)4/h5,14-16H,1,6-13H2,2-4H3. The zero-order chi connectivity index (χ0) is 13.4. The van der Waals surface area contributed by atoms with E-state index in [1.165, 1.54) is 38.9 Å². The molecule has 0 amide bonds. The molecule has 1 N–H and O–H groups in total. The van der Waals surface area contributed by atoms with Crippen LogP contribution in [0.4, 0.5) is 0 Å². The van der Waals surface area contributed by atoms with E-state index in [9.17, 15) is 0 Å². The molecule has 0 bridgehead atoms. The predicted molar refractivity (Wildman–Crippen MR) is 80.0 cm³/mol. The minimum Gasteiger partial charge on any atom is -0.312 e. The van der Waals surface area contributed by atoms with Gasteiger partial charge in [0.25, 0.3) is 0 Å². The SMILES string of the molecule is C=CCCC(NCCC)C1CN(C)CCCN1C. The van der Waals surface area contributed by atoms with Gasteiger partial charge in [-0.2, -0.15) is 0 Å². The number of hydrogen-bond acceptors (Lipinski definition) is 3. The summed E-state index contributed by atoms with van der Waals surface area (Å²) in [6.07, 6.45) is 6.84. The fourth-order valence-electron chi connectivity index (χ4n) is 2.80. The van der Waals surface area contributed by atoms with E-state index < -0.39 is 0 Å². The summed E-state index contributed by atoms with van der Waals surface area (Å²) in [5.74, 6) is 0. The van der Waals surface area contributed by atoms with Gasteiger partial charge in [0.05, 0.1) is 0 Å². The minimum absolute atomic E-state index is 0.591. The third kappa shape index (κ3) is 5.09. The van der Waals surface area contributed by atoms with Crippen LogP contribution in [0.1, 0.15) is 32.6 Å². The molecular weight excluding hydrogens is 222 g/mol. The lowest BCUT2D eigenvalue weighted by atomic mass is 10.0. The third-order valence-electron chi connectivity index (χ3n) is 3.92. The van der Waals surface area contributed by atoms with Gasteiger partial charge in [0.2, 0.25) is 0 Å². The summed E-state index contributed by atoms with van der Waals surface area (Å²) in [5, 5.41) is 3.74. The van der Waals surface area contributed by atoms with E-state index in [-0.39, 0.29) is 0 Å². The van der Waals surface area contributed by atoms with Crippen LogP contribution in [0.5, 0.6) is 0 Å². The van der Waals surface area contributed by atoms with Crippen molar-refractivity contribution in [1.82, 2.24) is 15.1 Å². The molecule has 1 heterocycles. The lowest BCUT2D eigenvalue weighted by Crippen LogP contribution is -2.52. The van der Waals surface area contributed by atoms with Crippen molar-refractivity contribution in [3.05, 3.63) is 12.7 Å². The molecular formula is C15H31N3. The highest BCUT2D eigenvalue weighted by Crippen LogP contribution is 2.14. The summed E-state index contributed by atoms with van der Waals surface area (Å²) < 4.78 is 0. The molecule has 1 aliphatic rings. The van der Waals surface area contributed by atoms with E-state index >= 15 is 0 Å². The Labute approximate surface area is 113 Å². The summed E-state index contributed by atoms with van der Waals surface area (Å²) in [4.78, 5) is 5.02. The molecule has 106 valence electrons. The first-order chi connectivity index (χ1) is 8.69. The Kier molecular flexibility index (Phi) is 7.56. The fraction of sp³-hybridized carbons (Fsp3) is 0.867. The Morgan fingerprint density at radius 2 is 2.17 bits per heavy atom. The van der Waals surface area contributed by atoms with Gasteiger partial charge in [0.15, 0.2) is 0 Å². The van der Waals surface area contributed by atoms with Crippen molar-refractivity contribution < 1.29 is 0 Å². The third-order valence-corrected chi connectivity index (χ3v) is 3.92. The van der Waals surface area contributed by atoms with E-state index in [0.717, 1.165) is 13.0 Å². The first-order valence-electron chi connectivity index (χ1n) is 7.42. The summed E-state index contributed by atoms with van der Waals surface area (Å²) >= 11 is 0. The van der Waals surface area contributed by atoms with Crippen molar-refractivity contribution in [2.75, 3.05) is 40.3 Å². The second-order valence-electron chi connectivity index (χ2n) is 5.59. The second kappa shape index (κ2) is 8.68. The van der Waals surface area contributed by atoms with Crippen molar-refractivity contribution >= 4 is 0 Å². The Balaban J connectivity index is 2.62. The number of rotatable bonds is 7. The summed E-state index contributed by atoms with van der Waals surface area (Å²) in [7, 11) is 4.52. The van der Waals surface area contributed by atoms with Gasteiger partial charge >= 0.3 is 0 Å². The summed E-state index contributed by atoms with van der Waals surface area (Å²) in [5.41, 5.74) is 0. The zero-order valence-corrected chi connectivity index (χ0v) is 12.5. The molecule has 0 aromatic carbocycles. The molecule has 1 aliphatic heterocycles. The molecule has 0 aliphatic carbocycles. The van der Waals surface area contributed by atoms with Gasteiger partial charge in [0.1, 0.15) is 0 Å². The second-order valence-corrected chi connectivity index (χ2v) is 5.59. The maximum atomic E-state index is 3.86. The summed E-state index contributed by atoms with van der Waals surface area (Å²) in [6, 6.07) is 1.22. The monoisotopic (exact) mass is 253 g/mol. The normalized spacial score (nSPS) is 24.7. The quantitative estimate of drug-likeness (QED) is 0.700. The van der Waals surface area contributed by atoms with E-state index in [1.54, 1.807) is 0 Å². The van der Waals surface area contributed by atoms with Crippen LogP contribution in [0.3, 0.4) is 0 Å². The molecule has 0 aromatic rings. The van der Waals surface area contributed by atoms with Crippen molar-refractivity contribution in [3.8, 4) is 0 Å². The maximum Gasteiger partial charge on any atom is 0.0373 e. The molecule has 1 rings (SSSR count). The zero-order valence-electron chi connectivity index (χ0n) is 12.5. The molecule has 2 atom stereocenters. The van der Waals surface area contributed by atoms with Crippen LogP contribution >= 0.6 is 0 Å². The van der Waals surface area contributed by atoms with E-state index in [1.807, 2.05) is 6.08 Å². The molecule has 2 unspecified atom stereocenters. The van der Waals surface area contributed by atoms with Gasteiger partial charge in [-0.3, -0.25) is 0 Å². The molecule has 1 saturated heterocycles. The van der Waals surface area contributed by atoms with Crippen molar-refractivity contribution in [2.45, 2.75) is 44.7 Å². The highest BCUT2D eigenvalue weighted by molar-refractivity contribution is 4.89. The van der Waals surface area contributed by atoms with Crippen LogP contribution in [-0.4, -0.2) is 62.2 Å². The Morgan fingerprint density at radius 1 is 1.39 bits per heavy atom. The van der Waals surface area contributed by atoms with Gasteiger partial charge in [-0.15, -0.1) is 6.58 Å². The molecule has 0 spiro atoms. The van der Waals surface area contributed by atoms with Crippen LogP contribution in [0.25, 0.3) is 0 Å². The molecule has 3 nitrogen and oxygen atoms in total. The van der Waals surface area contributed by atoms with Gasteiger partial charge < -0.3 is 15.1 Å². The van der Waals surface area contributed by atoms with E-state index in [2.05, 4.69) is 42.7 Å². The highest BCUT2D eigenvalue weighted by atomic mass is 15.2. The van der Waals surface area contributed by atoms with Crippen LogP contribution in [0, 0.1) is 0 Å². The minimum atomic E-state index is 0.591. The van der Waals surface area contributed by atoms with Crippen LogP contribution in [0.15, 0.2) is 12.7 Å². The topological polar surface area (TPSA) is 18.5 Å². The molecule has 18 heavy (non-hydrogen) atoms. The lowest BCUT2D eigenvalue weighted by molar-refractivity contribution is 0.173. The lowest BCUT2D eigenvalue weighted by Gasteiger charge is -2.35. The van der Waals surface area contributed by atoms with Crippen LogP contribution in [0.2, 0.25) is 0 Å². The first-order valence-corrected chi connectivity index (χ1v) is 7.42. The number of nitrogens with zero attached hydrogens (tertiary/aromatic N) is 2. The van der Waals surface area contributed by atoms with Crippen LogP contribution < -0.4 is 5.32 Å². The number of allylic oxidation sites excluding steroid dienone is 1. The Morgan fingerprint density at radius 3 is 2.83 bits per heavy atom. The van der Waals surface area contributed by atoms with Crippen molar-refractivity contribution in [1.29, 1.82) is 0 Å². The molecule has 1 fully saturated rings. The molecule has 0 saturated carbocycles. The Bertz CT molecular complexity index is 230. The number of nitrogens with one attached hydrogen (secondary N) is 1. The first kappa shape index (κ1) is 15.7. The average molecular weight is 253 g/mol. The summed E-state index contributed by atoms with van der Waals surface area (Å²) in [6.45, 7) is 10.8. The van der Waals surface area contributed by atoms with Gasteiger partial charge in [-0.25, -0.2) is 0 Å². The van der Waals surface area contributed by atoms with Crippen molar-refractivity contribution in [3.63, 3.8) is 0 Å². The van der Waals surface area contributed by atoms with E-state index in [0.29, 0.717) is 12.1 Å². The molecule has 3 heteroatoms. The molecule has 0 aromatic heterocycles. The number of hydrogen-bond donors (Lipinski definition) is 1. The smallest absolute Gasteiger partial charge is 0.0373 e. The molecule has 0 radical (unpaired) electrons. The highest BCUT2D eigenvalue weighted by Gasteiger charge is 2.27. The van der Waals surface area contributed by atoms with E-state index in [4.69, 9.17) is 0 Å². The fourth-order valence-corrected chi connectivity index (χ4v) is 2.80. The van der Waals surface area contributed by atoms with Gasteiger partial charge in [-0.1, -0.05) is 13.0 Å². The largest absolute Gasteiger partial charge is 0.312 e. The predicted octanol–water partition coefficient (Wildman–Crippen LogP) is 1.96.